The Morgan fingerprint density at radius 3 is 2.73 bits per heavy atom. The molecule has 1 aromatic rings. The molecule has 0 spiro atoms. The Morgan fingerprint density at radius 1 is 1.47 bits per heavy atom. The van der Waals surface area contributed by atoms with E-state index in [2.05, 4.69) is 10.3 Å². The number of nitrogens with zero attached hydrogens (tertiary/aromatic N) is 3. The summed E-state index contributed by atoms with van der Waals surface area (Å²) >= 11 is 0. The summed E-state index contributed by atoms with van der Waals surface area (Å²) in [5, 5.41) is 18.2. The number of hydrogen-bond acceptors (Lipinski definition) is 3. The van der Waals surface area contributed by atoms with E-state index in [4.69, 9.17) is 5.11 Å². The maximum atomic E-state index is 10.8. The van der Waals surface area contributed by atoms with Gasteiger partial charge in [-0.05, 0) is 19.1 Å². The quantitative estimate of drug-likeness (QED) is 0.608. The summed E-state index contributed by atoms with van der Waals surface area (Å²) in [4.78, 5) is 10.8. The summed E-state index contributed by atoms with van der Waals surface area (Å²) in [6.07, 6.45) is 0. The molecule has 15 heavy (non-hydrogen) atoms. The molecule has 0 saturated heterocycles. The minimum absolute atomic E-state index is 0.158. The van der Waals surface area contributed by atoms with Crippen molar-refractivity contribution >= 4 is 11.7 Å². The third-order valence-electron chi connectivity index (χ3n) is 1.90. The summed E-state index contributed by atoms with van der Waals surface area (Å²) in [6, 6.07) is 6.51. The van der Waals surface area contributed by atoms with E-state index in [1.807, 2.05) is 6.92 Å². The number of carboxylic acid groups (broad SMARTS) is 1. The minimum atomic E-state index is -0.997. The van der Waals surface area contributed by atoms with Crippen LogP contribution in [0.1, 0.15) is 17.3 Å². The third-order valence-corrected chi connectivity index (χ3v) is 1.90. The van der Waals surface area contributed by atoms with Crippen molar-refractivity contribution in [1.82, 2.24) is 5.01 Å². The lowest BCUT2D eigenvalue weighted by molar-refractivity contribution is 0.0697. The number of aromatic carboxylic acids is 1. The van der Waals surface area contributed by atoms with E-state index in [0.717, 1.165) is 6.54 Å². The third kappa shape index (κ3) is 3.05. The van der Waals surface area contributed by atoms with Crippen LogP contribution in [0.15, 0.2) is 34.6 Å². The summed E-state index contributed by atoms with van der Waals surface area (Å²) in [5.41, 5.74) is 0.524. The van der Waals surface area contributed by atoms with Crippen molar-refractivity contribution in [3.05, 3.63) is 29.8 Å². The molecule has 1 rings (SSSR count). The predicted molar refractivity (Wildman–Crippen MR) is 56.2 cm³/mol. The van der Waals surface area contributed by atoms with Gasteiger partial charge in [0.15, 0.2) is 0 Å². The molecule has 0 amide bonds. The Balaban J connectivity index is 2.94. The van der Waals surface area contributed by atoms with Gasteiger partial charge in [-0.25, -0.2) is 4.79 Å². The Hall–Kier alpha value is -1.91. The highest BCUT2D eigenvalue weighted by Gasteiger charge is 2.07. The Kier molecular flexibility index (Phi) is 3.79. The van der Waals surface area contributed by atoms with Crippen molar-refractivity contribution in [2.24, 2.45) is 10.3 Å². The normalized spacial score (nSPS) is 10.5. The van der Waals surface area contributed by atoms with Crippen LogP contribution in [0.25, 0.3) is 0 Å². The van der Waals surface area contributed by atoms with E-state index in [9.17, 15) is 4.79 Å². The average Bonchev–Trinajstić information content (AvgIpc) is 2.26. The number of benzene rings is 1. The molecule has 0 fully saturated rings. The summed E-state index contributed by atoms with van der Waals surface area (Å²) in [6.45, 7) is 2.65. The maximum Gasteiger partial charge on any atom is 0.337 e. The number of carbonyl (C=O) groups is 1. The van der Waals surface area contributed by atoms with Crippen LogP contribution in [-0.2, 0) is 0 Å². The fraction of sp³-hybridized carbons (Fsp3) is 0.300. The molecule has 0 unspecified atom stereocenters. The second-order valence-corrected chi connectivity index (χ2v) is 2.99. The first-order chi connectivity index (χ1) is 7.15. The molecule has 5 heteroatoms. The zero-order valence-corrected chi connectivity index (χ0v) is 8.71. The van der Waals surface area contributed by atoms with E-state index < -0.39 is 5.97 Å². The summed E-state index contributed by atoms with van der Waals surface area (Å²) in [5.74, 6) is -0.997. The zero-order chi connectivity index (χ0) is 11.3. The van der Waals surface area contributed by atoms with Crippen molar-refractivity contribution in [3.63, 3.8) is 0 Å². The molecule has 0 saturated carbocycles. The molecule has 0 aliphatic carbocycles. The van der Waals surface area contributed by atoms with E-state index in [0.29, 0.717) is 5.69 Å². The Bertz CT molecular complexity index is 377. The van der Waals surface area contributed by atoms with Gasteiger partial charge >= 0.3 is 5.97 Å². The lowest BCUT2D eigenvalue weighted by atomic mass is 10.2. The number of rotatable bonds is 4. The first kappa shape index (κ1) is 11.2. The molecular weight excluding hydrogens is 194 g/mol. The lowest BCUT2D eigenvalue weighted by Crippen LogP contribution is -2.07. The fourth-order valence-electron chi connectivity index (χ4n) is 0.929. The van der Waals surface area contributed by atoms with Crippen LogP contribution < -0.4 is 0 Å². The van der Waals surface area contributed by atoms with Crippen molar-refractivity contribution in [2.45, 2.75) is 6.92 Å². The Labute approximate surface area is 88.0 Å². The molecule has 0 bridgehead atoms. The van der Waals surface area contributed by atoms with Crippen LogP contribution >= 0.6 is 0 Å². The smallest absolute Gasteiger partial charge is 0.337 e. The van der Waals surface area contributed by atoms with Crippen LogP contribution in [-0.4, -0.2) is 29.7 Å². The molecular formula is C10H13N3O2. The van der Waals surface area contributed by atoms with Gasteiger partial charge in [-0.2, -0.15) is 0 Å². The number of carboxylic acids is 1. The molecule has 1 N–H and O–H groups in total. The molecule has 1 aromatic carbocycles. The summed E-state index contributed by atoms with van der Waals surface area (Å²) in [7, 11) is 1.77. The highest BCUT2D eigenvalue weighted by molar-refractivity contribution is 5.93. The fourth-order valence-corrected chi connectivity index (χ4v) is 0.929. The SMILES string of the molecule is CCN(C)N=Nc1ccccc1C(=O)O. The molecule has 0 heterocycles. The predicted octanol–water partition coefficient (Wildman–Crippen LogP) is 2.34. The Morgan fingerprint density at radius 2 is 2.13 bits per heavy atom. The molecule has 0 aromatic heterocycles. The van der Waals surface area contributed by atoms with E-state index in [1.165, 1.54) is 6.07 Å². The molecule has 0 aliphatic rings. The van der Waals surface area contributed by atoms with Crippen molar-refractivity contribution in [2.75, 3.05) is 13.6 Å². The minimum Gasteiger partial charge on any atom is -0.478 e. The van der Waals surface area contributed by atoms with Crippen LogP contribution in [0.2, 0.25) is 0 Å². The second-order valence-electron chi connectivity index (χ2n) is 2.99. The van der Waals surface area contributed by atoms with Gasteiger partial charge in [-0.1, -0.05) is 17.4 Å². The van der Waals surface area contributed by atoms with Gasteiger partial charge < -0.3 is 5.11 Å². The summed E-state index contributed by atoms with van der Waals surface area (Å²) < 4.78 is 0. The van der Waals surface area contributed by atoms with E-state index in [-0.39, 0.29) is 5.56 Å². The van der Waals surface area contributed by atoms with Gasteiger partial charge in [0.25, 0.3) is 0 Å². The maximum absolute atomic E-state index is 10.8. The van der Waals surface area contributed by atoms with Crippen molar-refractivity contribution < 1.29 is 9.90 Å². The van der Waals surface area contributed by atoms with Crippen LogP contribution in [0.4, 0.5) is 5.69 Å². The highest BCUT2D eigenvalue weighted by atomic mass is 16.4. The second kappa shape index (κ2) is 5.09. The zero-order valence-electron chi connectivity index (χ0n) is 8.71. The molecule has 5 nitrogen and oxygen atoms in total. The largest absolute Gasteiger partial charge is 0.478 e. The average molecular weight is 207 g/mol. The van der Waals surface area contributed by atoms with Crippen molar-refractivity contribution in [3.8, 4) is 0 Å². The van der Waals surface area contributed by atoms with Gasteiger partial charge in [-0.15, -0.1) is 5.11 Å². The molecule has 0 radical (unpaired) electrons. The van der Waals surface area contributed by atoms with Crippen LogP contribution in [0.3, 0.4) is 0 Å². The van der Waals surface area contributed by atoms with Gasteiger partial charge in [-0.3, -0.25) is 5.01 Å². The van der Waals surface area contributed by atoms with Crippen molar-refractivity contribution in [1.29, 1.82) is 0 Å². The van der Waals surface area contributed by atoms with E-state index in [1.54, 1.807) is 30.3 Å². The van der Waals surface area contributed by atoms with Crippen LogP contribution in [0.5, 0.6) is 0 Å². The topological polar surface area (TPSA) is 65.3 Å². The molecule has 0 atom stereocenters. The van der Waals surface area contributed by atoms with Gasteiger partial charge in [0, 0.05) is 13.6 Å². The monoisotopic (exact) mass is 207 g/mol. The first-order valence-corrected chi connectivity index (χ1v) is 4.60. The van der Waals surface area contributed by atoms with E-state index >= 15 is 0 Å². The van der Waals surface area contributed by atoms with Gasteiger partial charge in [0.2, 0.25) is 0 Å². The first-order valence-electron chi connectivity index (χ1n) is 4.60. The van der Waals surface area contributed by atoms with Gasteiger partial charge in [0.1, 0.15) is 5.69 Å². The standard InChI is InChI=1S/C10H13N3O2/c1-3-13(2)12-11-9-7-5-4-6-8(9)10(14)15/h4-7H,3H2,1-2H3,(H,14,15). The van der Waals surface area contributed by atoms with Crippen LogP contribution in [0, 0.1) is 0 Å². The lowest BCUT2D eigenvalue weighted by Gasteiger charge is -2.06. The highest BCUT2D eigenvalue weighted by Crippen LogP contribution is 2.18. The molecule has 80 valence electrons. The van der Waals surface area contributed by atoms with Gasteiger partial charge in [0.05, 0.1) is 5.56 Å². The number of hydrogen-bond donors (Lipinski definition) is 1. The molecule has 0 aliphatic heterocycles.